The van der Waals surface area contributed by atoms with Crippen LogP contribution < -0.4 is 5.73 Å². The zero-order valence-corrected chi connectivity index (χ0v) is 10.7. The zero-order valence-electron chi connectivity index (χ0n) is 10.7. The summed E-state index contributed by atoms with van der Waals surface area (Å²) in [6.45, 7) is 3.82. The molecule has 1 aliphatic heterocycles. The van der Waals surface area contributed by atoms with Crippen molar-refractivity contribution in [3.8, 4) is 0 Å². The largest absolute Gasteiger partial charge is 0.330 e. The third-order valence-electron chi connectivity index (χ3n) is 3.30. The van der Waals surface area contributed by atoms with Gasteiger partial charge < -0.3 is 10.6 Å². The molecule has 0 amide bonds. The van der Waals surface area contributed by atoms with Gasteiger partial charge in [-0.05, 0) is 40.2 Å². The third kappa shape index (κ3) is 3.02. The lowest BCUT2D eigenvalue weighted by Gasteiger charge is -2.24. The summed E-state index contributed by atoms with van der Waals surface area (Å²) in [7, 11) is 4.29. The Morgan fingerprint density at radius 3 is 3.00 bits per heavy atom. The molecule has 0 bridgehead atoms. The molecular weight excluding hydrogens is 216 g/mol. The van der Waals surface area contributed by atoms with Crippen molar-refractivity contribution in [2.75, 3.05) is 40.3 Å². The van der Waals surface area contributed by atoms with Crippen LogP contribution in [0, 0.1) is 0 Å². The second-order valence-electron chi connectivity index (χ2n) is 4.79. The number of hydrogen-bond donors (Lipinski definition) is 2. The number of aromatic nitrogens is 3. The zero-order chi connectivity index (χ0) is 12.3. The molecule has 0 saturated carbocycles. The molecule has 1 unspecified atom stereocenters. The Morgan fingerprint density at radius 1 is 1.41 bits per heavy atom. The first-order chi connectivity index (χ1) is 8.20. The highest BCUT2D eigenvalue weighted by Crippen LogP contribution is 2.19. The van der Waals surface area contributed by atoms with Gasteiger partial charge in [0.15, 0.2) is 5.82 Å². The second-order valence-corrected chi connectivity index (χ2v) is 4.79. The van der Waals surface area contributed by atoms with Crippen molar-refractivity contribution in [2.45, 2.75) is 18.9 Å². The van der Waals surface area contributed by atoms with E-state index >= 15 is 0 Å². The molecule has 0 aromatic carbocycles. The van der Waals surface area contributed by atoms with Gasteiger partial charge in [-0.3, -0.25) is 10.00 Å². The molecule has 2 rings (SSSR count). The van der Waals surface area contributed by atoms with Crippen molar-refractivity contribution in [3.63, 3.8) is 0 Å². The van der Waals surface area contributed by atoms with Crippen LogP contribution in [0.25, 0.3) is 0 Å². The summed E-state index contributed by atoms with van der Waals surface area (Å²) in [6, 6.07) is 0.283. The van der Waals surface area contributed by atoms with Gasteiger partial charge in [0, 0.05) is 13.0 Å². The number of nitrogens with two attached hydrogens (primary N) is 1. The van der Waals surface area contributed by atoms with Gasteiger partial charge in [-0.1, -0.05) is 0 Å². The van der Waals surface area contributed by atoms with E-state index < -0.39 is 0 Å². The fraction of sp³-hybridized carbons (Fsp3) is 0.818. The van der Waals surface area contributed by atoms with Crippen LogP contribution in [0.1, 0.15) is 24.1 Å². The number of rotatable bonds is 3. The highest BCUT2D eigenvalue weighted by atomic mass is 15.3. The summed E-state index contributed by atoms with van der Waals surface area (Å²) < 4.78 is 0. The summed E-state index contributed by atoms with van der Waals surface area (Å²) >= 11 is 0. The number of aromatic amines is 1. The van der Waals surface area contributed by atoms with Crippen molar-refractivity contribution < 1.29 is 0 Å². The molecule has 1 atom stereocenters. The Hall–Kier alpha value is -0.980. The van der Waals surface area contributed by atoms with Crippen molar-refractivity contribution in [3.05, 3.63) is 11.6 Å². The molecule has 3 N–H and O–H groups in total. The van der Waals surface area contributed by atoms with Gasteiger partial charge >= 0.3 is 0 Å². The van der Waals surface area contributed by atoms with Crippen LogP contribution in [0.4, 0.5) is 0 Å². The van der Waals surface area contributed by atoms with Crippen LogP contribution >= 0.6 is 0 Å². The summed E-state index contributed by atoms with van der Waals surface area (Å²) in [5.41, 5.74) is 5.52. The predicted molar refractivity (Wildman–Crippen MR) is 66.6 cm³/mol. The normalized spacial score (nSPS) is 23.8. The maximum Gasteiger partial charge on any atom is 0.169 e. The van der Waals surface area contributed by atoms with Crippen molar-refractivity contribution in [1.29, 1.82) is 0 Å². The molecule has 96 valence electrons. The van der Waals surface area contributed by atoms with E-state index in [1.165, 1.54) is 6.42 Å². The average molecular weight is 238 g/mol. The maximum atomic E-state index is 5.52. The highest BCUT2D eigenvalue weighted by molar-refractivity contribution is 4.99. The van der Waals surface area contributed by atoms with Gasteiger partial charge in [0.25, 0.3) is 0 Å². The number of hydrogen-bond acceptors (Lipinski definition) is 5. The molecule has 6 heteroatoms. The van der Waals surface area contributed by atoms with Gasteiger partial charge in [0.2, 0.25) is 0 Å². The minimum atomic E-state index is 0.283. The van der Waals surface area contributed by atoms with Crippen LogP contribution in [0.3, 0.4) is 0 Å². The van der Waals surface area contributed by atoms with E-state index in [4.69, 9.17) is 5.73 Å². The standard InChI is InChI=1S/C11H22N6/c1-16-6-3-7-17(2)9(8-16)11-13-10(4-5-12)14-15-11/h9H,3-8,12H2,1-2H3,(H,13,14,15). The first-order valence-electron chi connectivity index (χ1n) is 6.20. The monoisotopic (exact) mass is 238 g/mol. The van der Waals surface area contributed by atoms with Crippen LogP contribution in [0.2, 0.25) is 0 Å². The fourth-order valence-corrected chi connectivity index (χ4v) is 2.26. The summed E-state index contributed by atoms with van der Waals surface area (Å²) in [4.78, 5) is 9.21. The Kier molecular flexibility index (Phi) is 4.09. The Morgan fingerprint density at radius 2 is 2.24 bits per heavy atom. The minimum absolute atomic E-state index is 0.283. The van der Waals surface area contributed by atoms with Crippen LogP contribution in [0.15, 0.2) is 0 Å². The Balaban J connectivity index is 2.11. The van der Waals surface area contributed by atoms with Crippen molar-refractivity contribution in [1.82, 2.24) is 25.0 Å². The van der Waals surface area contributed by atoms with Gasteiger partial charge in [-0.2, -0.15) is 5.10 Å². The van der Waals surface area contributed by atoms with E-state index in [2.05, 4.69) is 39.1 Å². The molecule has 1 aromatic heterocycles. The lowest BCUT2D eigenvalue weighted by molar-refractivity contribution is 0.220. The summed E-state index contributed by atoms with van der Waals surface area (Å²) in [5.74, 6) is 1.78. The van der Waals surface area contributed by atoms with Gasteiger partial charge in [-0.15, -0.1) is 0 Å². The van der Waals surface area contributed by atoms with Crippen molar-refractivity contribution >= 4 is 0 Å². The first kappa shape index (κ1) is 12.5. The number of H-pyrrole nitrogens is 1. The van der Waals surface area contributed by atoms with Crippen molar-refractivity contribution in [2.24, 2.45) is 5.73 Å². The lowest BCUT2D eigenvalue weighted by Crippen LogP contribution is -2.31. The van der Waals surface area contributed by atoms with Gasteiger partial charge in [0.05, 0.1) is 6.04 Å². The van der Waals surface area contributed by atoms with Crippen LogP contribution in [-0.2, 0) is 6.42 Å². The first-order valence-corrected chi connectivity index (χ1v) is 6.20. The molecule has 17 heavy (non-hydrogen) atoms. The smallest absolute Gasteiger partial charge is 0.169 e. The molecule has 0 aliphatic carbocycles. The molecule has 0 spiro atoms. The highest BCUT2D eigenvalue weighted by Gasteiger charge is 2.25. The molecule has 0 radical (unpaired) electrons. The van der Waals surface area contributed by atoms with E-state index in [9.17, 15) is 0 Å². The molecule has 1 saturated heterocycles. The number of nitrogens with one attached hydrogen (secondary N) is 1. The molecule has 1 aliphatic rings. The van der Waals surface area contributed by atoms with E-state index in [0.717, 1.165) is 37.7 Å². The third-order valence-corrected chi connectivity index (χ3v) is 3.30. The average Bonchev–Trinajstić information content (AvgIpc) is 2.67. The quantitative estimate of drug-likeness (QED) is 0.750. The van der Waals surface area contributed by atoms with E-state index in [0.29, 0.717) is 6.54 Å². The Bertz CT molecular complexity index is 349. The topological polar surface area (TPSA) is 74.1 Å². The van der Waals surface area contributed by atoms with Crippen LogP contribution in [0.5, 0.6) is 0 Å². The van der Waals surface area contributed by atoms with E-state index in [-0.39, 0.29) is 6.04 Å². The predicted octanol–water partition coefficient (Wildman–Crippen LogP) is -0.386. The second kappa shape index (κ2) is 5.57. The number of likely N-dealkylation sites (N-methyl/N-ethyl adjacent to an activating group) is 2. The van der Waals surface area contributed by atoms with E-state index in [1.54, 1.807) is 0 Å². The van der Waals surface area contributed by atoms with Gasteiger partial charge in [-0.25, -0.2) is 4.98 Å². The molecule has 1 fully saturated rings. The fourth-order valence-electron chi connectivity index (χ4n) is 2.26. The number of nitrogens with zero attached hydrogens (tertiary/aromatic N) is 4. The van der Waals surface area contributed by atoms with Gasteiger partial charge in [0.1, 0.15) is 5.82 Å². The molecular formula is C11H22N6. The maximum absolute atomic E-state index is 5.52. The Labute approximate surface area is 102 Å². The summed E-state index contributed by atoms with van der Waals surface area (Å²) in [5, 5.41) is 7.30. The minimum Gasteiger partial charge on any atom is -0.330 e. The lowest BCUT2D eigenvalue weighted by atomic mass is 10.2. The van der Waals surface area contributed by atoms with Crippen LogP contribution in [-0.4, -0.2) is 65.3 Å². The molecule has 1 aromatic rings. The molecule has 2 heterocycles. The van der Waals surface area contributed by atoms with E-state index in [1.807, 2.05) is 0 Å². The summed E-state index contributed by atoms with van der Waals surface area (Å²) in [6.07, 6.45) is 1.96. The SMILES string of the molecule is CN1CCCN(C)C(c2n[nH]c(CCN)n2)C1. The molecule has 6 nitrogen and oxygen atoms in total.